The lowest BCUT2D eigenvalue weighted by Gasteiger charge is -2.31. The molecule has 1 aliphatic rings. The van der Waals surface area contributed by atoms with E-state index in [0.717, 1.165) is 28.7 Å². The van der Waals surface area contributed by atoms with Gasteiger partial charge in [0.25, 0.3) is 0 Å². The highest BCUT2D eigenvalue weighted by molar-refractivity contribution is 8.14. The zero-order valence-corrected chi connectivity index (χ0v) is 17.0. The predicted octanol–water partition coefficient (Wildman–Crippen LogP) is 4.89. The number of carbonyl (C=O) groups is 1. The highest BCUT2D eigenvalue weighted by atomic mass is 32.2. The molecule has 2 rings (SSSR count). The zero-order valence-electron chi connectivity index (χ0n) is 16.2. The average molecular weight is 363 g/mol. The number of thioether (sulfide) groups is 1. The van der Waals surface area contributed by atoms with Crippen molar-refractivity contribution in [2.45, 2.75) is 47.1 Å². The van der Waals surface area contributed by atoms with E-state index in [2.05, 4.69) is 32.6 Å². The topological polar surface area (TPSA) is 41.9 Å². The molecule has 0 aromatic heterocycles. The van der Waals surface area contributed by atoms with Gasteiger partial charge in [-0.15, -0.1) is 0 Å². The molecule has 0 saturated carbocycles. The van der Waals surface area contributed by atoms with Crippen LogP contribution in [0.5, 0.6) is 0 Å². The summed E-state index contributed by atoms with van der Waals surface area (Å²) in [5, 5.41) is 1.10. The molecule has 5 heteroatoms. The largest absolute Gasteiger partial charge is 0.465 e. The van der Waals surface area contributed by atoms with Crippen LogP contribution in [-0.2, 0) is 4.74 Å². The summed E-state index contributed by atoms with van der Waals surface area (Å²) < 4.78 is 4.79. The summed E-state index contributed by atoms with van der Waals surface area (Å²) in [5.41, 5.74) is 2.49. The Kier molecular flexibility index (Phi) is 6.94. The van der Waals surface area contributed by atoms with Gasteiger partial charge in [-0.05, 0) is 42.5 Å². The maximum Gasteiger partial charge on any atom is 0.337 e. The smallest absolute Gasteiger partial charge is 0.337 e. The van der Waals surface area contributed by atoms with Gasteiger partial charge in [-0.2, -0.15) is 0 Å². The second-order valence-electron chi connectivity index (χ2n) is 7.20. The first-order valence-corrected chi connectivity index (χ1v) is 10.0. The zero-order chi connectivity index (χ0) is 18.6. The van der Waals surface area contributed by atoms with Gasteiger partial charge in [-0.25, -0.2) is 9.79 Å². The van der Waals surface area contributed by atoms with Crippen LogP contribution in [-0.4, -0.2) is 41.5 Å². The molecule has 1 unspecified atom stereocenters. The Morgan fingerprint density at radius 3 is 2.68 bits per heavy atom. The van der Waals surface area contributed by atoms with Crippen molar-refractivity contribution in [1.29, 1.82) is 0 Å². The lowest BCUT2D eigenvalue weighted by atomic mass is 9.99. The average Bonchev–Trinajstić information content (AvgIpc) is 2.97. The van der Waals surface area contributed by atoms with Crippen molar-refractivity contribution in [3.63, 3.8) is 0 Å². The highest BCUT2D eigenvalue weighted by Gasteiger charge is 2.33. The van der Waals surface area contributed by atoms with Crippen molar-refractivity contribution >= 4 is 28.6 Å². The van der Waals surface area contributed by atoms with Gasteiger partial charge < -0.3 is 9.64 Å². The van der Waals surface area contributed by atoms with Gasteiger partial charge >= 0.3 is 5.97 Å². The number of rotatable bonds is 6. The Labute approximate surface area is 156 Å². The van der Waals surface area contributed by atoms with Gasteiger partial charge in [0.1, 0.15) is 0 Å². The number of hydrogen-bond acceptors (Lipinski definition) is 4. The first-order chi connectivity index (χ1) is 11.9. The quantitative estimate of drug-likeness (QED) is 0.676. The fourth-order valence-electron chi connectivity index (χ4n) is 3.05. The number of aryl methyl sites for hydroxylation is 1. The lowest BCUT2D eigenvalue weighted by Crippen LogP contribution is -2.40. The summed E-state index contributed by atoms with van der Waals surface area (Å²) in [5.74, 6) is 2.04. The molecule has 2 atom stereocenters. The van der Waals surface area contributed by atoms with E-state index in [1.54, 1.807) is 6.07 Å². The van der Waals surface area contributed by atoms with Crippen LogP contribution in [0.25, 0.3) is 0 Å². The SMILES string of the molecule is CCC(C)[C@H]1CSC(=Nc2ccc(C(=O)OC)cc2C)N1CC(C)C. The van der Waals surface area contributed by atoms with Crippen LogP contribution in [0.3, 0.4) is 0 Å². The Morgan fingerprint density at radius 1 is 1.40 bits per heavy atom. The number of benzene rings is 1. The predicted molar refractivity (Wildman–Crippen MR) is 107 cm³/mol. The molecule has 25 heavy (non-hydrogen) atoms. The van der Waals surface area contributed by atoms with Gasteiger partial charge in [-0.1, -0.05) is 45.9 Å². The third-order valence-electron chi connectivity index (χ3n) is 4.73. The molecule has 0 aliphatic carbocycles. The van der Waals surface area contributed by atoms with E-state index >= 15 is 0 Å². The first kappa shape index (κ1) is 19.8. The van der Waals surface area contributed by atoms with Crippen LogP contribution in [0.4, 0.5) is 5.69 Å². The van der Waals surface area contributed by atoms with E-state index in [1.165, 1.54) is 13.5 Å². The van der Waals surface area contributed by atoms with E-state index < -0.39 is 0 Å². The molecule has 0 bridgehead atoms. The normalized spacial score (nSPS) is 20.4. The van der Waals surface area contributed by atoms with Crippen molar-refractivity contribution in [1.82, 2.24) is 4.90 Å². The second kappa shape index (κ2) is 8.75. The van der Waals surface area contributed by atoms with Crippen molar-refractivity contribution in [2.75, 3.05) is 19.4 Å². The van der Waals surface area contributed by atoms with E-state index in [1.807, 2.05) is 30.8 Å². The van der Waals surface area contributed by atoms with E-state index in [0.29, 0.717) is 23.4 Å². The monoisotopic (exact) mass is 362 g/mol. The Morgan fingerprint density at radius 2 is 2.12 bits per heavy atom. The van der Waals surface area contributed by atoms with Crippen molar-refractivity contribution < 1.29 is 9.53 Å². The molecule has 0 radical (unpaired) electrons. The fraction of sp³-hybridized carbons (Fsp3) is 0.600. The molecular weight excluding hydrogens is 332 g/mol. The molecule has 1 fully saturated rings. The minimum absolute atomic E-state index is 0.309. The Balaban J connectivity index is 2.30. The minimum Gasteiger partial charge on any atom is -0.465 e. The summed E-state index contributed by atoms with van der Waals surface area (Å²) >= 11 is 1.85. The Bertz CT molecular complexity index is 643. The number of carbonyl (C=O) groups excluding carboxylic acids is 1. The van der Waals surface area contributed by atoms with Crippen molar-refractivity contribution in [2.24, 2.45) is 16.8 Å². The summed E-state index contributed by atoms with van der Waals surface area (Å²) in [6, 6.07) is 6.10. The maximum absolute atomic E-state index is 11.7. The van der Waals surface area contributed by atoms with Crippen LogP contribution in [0, 0.1) is 18.8 Å². The van der Waals surface area contributed by atoms with Gasteiger partial charge in [0, 0.05) is 18.3 Å². The van der Waals surface area contributed by atoms with Crippen LogP contribution in [0.1, 0.15) is 50.0 Å². The summed E-state index contributed by atoms with van der Waals surface area (Å²) in [6.07, 6.45) is 1.18. The summed E-state index contributed by atoms with van der Waals surface area (Å²) in [4.78, 5) is 19.1. The third-order valence-corrected chi connectivity index (χ3v) is 5.82. The number of nitrogens with zero attached hydrogens (tertiary/aromatic N) is 2. The summed E-state index contributed by atoms with van der Waals surface area (Å²) in [7, 11) is 1.40. The van der Waals surface area contributed by atoms with E-state index in [-0.39, 0.29) is 5.97 Å². The number of esters is 1. The minimum atomic E-state index is -0.309. The second-order valence-corrected chi connectivity index (χ2v) is 8.18. The van der Waals surface area contributed by atoms with E-state index in [4.69, 9.17) is 9.73 Å². The van der Waals surface area contributed by atoms with Crippen LogP contribution >= 0.6 is 11.8 Å². The molecule has 4 nitrogen and oxygen atoms in total. The molecule has 1 aromatic carbocycles. The van der Waals surface area contributed by atoms with Crippen LogP contribution in [0.15, 0.2) is 23.2 Å². The molecule has 1 heterocycles. The molecule has 0 N–H and O–H groups in total. The number of hydrogen-bond donors (Lipinski definition) is 0. The molecule has 138 valence electrons. The fourth-order valence-corrected chi connectivity index (χ4v) is 4.42. The molecule has 0 amide bonds. The number of ether oxygens (including phenoxy) is 1. The van der Waals surface area contributed by atoms with Crippen LogP contribution in [0.2, 0.25) is 0 Å². The lowest BCUT2D eigenvalue weighted by molar-refractivity contribution is 0.0600. The van der Waals surface area contributed by atoms with Gasteiger partial charge in [-0.3, -0.25) is 0 Å². The van der Waals surface area contributed by atoms with Gasteiger partial charge in [0.15, 0.2) is 5.17 Å². The van der Waals surface area contributed by atoms with Crippen molar-refractivity contribution in [3.8, 4) is 0 Å². The maximum atomic E-state index is 11.7. The highest BCUT2D eigenvalue weighted by Crippen LogP contribution is 2.33. The molecule has 1 saturated heterocycles. The molecular formula is C20H30N2O2S. The molecule has 1 aliphatic heterocycles. The van der Waals surface area contributed by atoms with Gasteiger partial charge in [0.2, 0.25) is 0 Å². The van der Waals surface area contributed by atoms with Gasteiger partial charge in [0.05, 0.1) is 18.4 Å². The molecule has 0 spiro atoms. The number of methoxy groups -OCH3 is 1. The molecule has 1 aromatic rings. The summed E-state index contributed by atoms with van der Waals surface area (Å²) in [6.45, 7) is 12.1. The number of aliphatic imine (C=N–C) groups is 1. The number of amidine groups is 1. The first-order valence-electron chi connectivity index (χ1n) is 9.04. The standard InChI is InChI=1S/C20H30N2O2S/c1-7-14(4)18-12-25-20(22(18)11-13(2)3)21-17-9-8-16(10-15(17)5)19(23)24-6/h8-10,13-14,18H,7,11-12H2,1-6H3/t14?,18-/m1/s1. The Hall–Kier alpha value is -1.49. The van der Waals surface area contributed by atoms with Crippen molar-refractivity contribution in [3.05, 3.63) is 29.3 Å². The van der Waals surface area contributed by atoms with E-state index in [9.17, 15) is 4.79 Å². The third kappa shape index (κ3) is 4.78. The van der Waals surface area contributed by atoms with Crippen LogP contribution < -0.4 is 0 Å².